The summed E-state index contributed by atoms with van der Waals surface area (Å²) in [5.74, 6) is 1.47. The molecule has 9 heteroatoms. The number of anilines is 1. The van der Waals surface area contributed by atoms with Crippen molar-refractivity contribution < 1.29 is 14.3 Å². The highest BCUT2D eigenvalue weighted by molar-refractivity contribution is 6.07. The van der Waals surface area contributed by atoms with Gasteiger partial charge in [-0.1, -0.05) is 18.2 Å². The number of aryl methyl sites for hydroxylation is 1. The van der Waals surface area contributed by atoms with Crippen molar-refractivity contribution in [2.45, 2.75) is 13.5 Å². The van der Waals surface area contributed by atoms with Crippen molar-refractivity contribution in [3.8, 4) is 11.5 Å². The van der Waals surface area contributed by atoms with Gasteiger partial charge in [-0.3, -0.25) is 19.6 Å². The van der Waals surface area contributed by atoms with Crippen LogP contribution >= 0.6 is 0 Å². The number of fused-ring (bicyclic) bond motifs is 1. The number of aromatic nitrogens is 4. The van der Waals surface area contributed by atoms with Crippen LogP contribution < -0.4 is 19.9 Å². The molecular formula is C22H21N5O4. The number of rotatable bonds is 6. The van der Waals surface area contributed by atoms with Gasteiger partial charge in [-0.05, 0) is 37.3 Å². The second kappa shape index (κ2) is 8.31. The number of para-hydroxylation sites is 2. The Morgan fingerprint density at radius 2 is 1.87 bits per heavy atom. The number of ether oxygens (including phenoxy) is 2. The summed E-state index contributed by atoms with van der Waals surface area (Å²) in [6.07, 6.45) is 0. The molecule has 0 unspecified atom stereocenters. The molecule has 0 aliphatic rings. The van der Waals surface area contributed by atoms with E-state index in [1.165, 1.54) is 15.5 Å². The van der Waals surface area contributed by atoms with Gasteiger partial charge in [0.15, 0.2) is 0 Å². The van der Waals surface area contributed by atoms with Crippen LogP contribution in [-0.2, 0) is 6.54 Å². The van der Waals surface area contributed by atoms with E-state index in [1.807, 2.05) is 12.1 Å². The normalized spacial score (nSPS) is 10.8. The number of amides is 1. The Hall–Kier alpha value is -4.14. The molecule has 0 atom stereocenters. The SMILES string of the molecule is COc1cccc(C(=O)N(Cc2nc3nc(C)cc(=O)n3[nH]2)c2ccccc2OC)c1. The first-order chi connectivity index (χ1) is 15.0. The summed E-state index contributed by atoms with van der Waals surface area (Å²) in [6.45, 7) is 1.79. The van der Waals surface area contributed by atoms with Crippen LogP contribution in [-0.4, -0.2) is 39.7 Å². The van der Waals surface area contributed by atoms with Crippen LogP contribution in [0.25, 0.3) is 5.78 Å². The third kappa shape index (κ3) is 3.97. The molecule has 2 aromatic carbocycles. The van der Waals surface area contributed by atoms with Crippen molar-refractivity contribution in [1.29, 1.82) is 0 Å². The topological polar surface area (TPSA) is 102 Å². The molecular weight excluding hydrogens is 398 g/mol. The van der Waals surface area contributed by atoms with E-state index < -0.39 is 0 Å². The lowest BCUT2D eigenvalue weighted by Gasteiger charge is -2.24. The van der Waals surface area contributed by atoms with Crippen molar-refractivity contribution in [1.82, 2.24) is 19.6 Å². The van der Waals surface area contributed by atoms with Gasteiger partial charge >= 0.3 is 0 Å². The van der Waals surface area contributed by atoms with Crippen LogP contribution in [0, 0.1) is 6.92 Å². The Morgan fingerprint density at radius 1 is 1.06 bits per heavy atom. The molecule has 2 heterocycles. The van der Waals surface area contributed by atoms with Gasteiger partial charge in [0, 0.05) is 17.3 Å². The maximum absolute atomic E-state index is 13.5. The molecule has 9 nitrogen and oxygen atoms in total. The molecule has 2 aromatic heterocycles. The highest BCUT2D eigenvalue weighted by Crippen LogP contribution is 2.30. The number of H-pyrrole nitrogens is 1. The smallest absolute Gasteiger partial charge is 0.274 e. The van der Waals surface area contributed by atoms with E-state index in [0.717, 1.165) is 0 Å². The first-order valence-corrected chi connectivity index (χ1v) is 9.54. The first-order valence-electron chi connectivity index (χ1n) is 9.54. The molecule has 1 amide bonds. The highest BCUT2D eigenvalue weighted by Gasteiger charge is 2.23. The lowest BCUT2D eigenvalue weighted by atomic mass is 10.1. The maximum atomic E-state index is 13.5. The molecule has 31 heavy (non-hydrogen) atoms. The summed E-state index contributed by atoms with van der Waals surface area (Å²) in [7, 11) is 3.09. The van der Waals surface area contributed by atoms with Gasteiger partial charge < -0.3 is 9.47 Å². The van der Waals surface area contributed by atoms with Gasteiger partial charge in [0.05, 0.1) is 26.5 Å². The van der Waals surface area contributed by atoms with Crippen LogP contribution in [0.3, 0.4) is 0 Å². The molecule has 0 saturated heterocycles. The molecule has 4 rings (SSSR count). The van der Waals surface area contributed by atoms with Crippen LogP contribution in [0.5, 0.6) is 11.5 Å². The summed E-state index contributed by atoms with van der Waals surface area (Å²) < 4.78 is 12.0. The number of carbonyl (C=O) groups excluding carboxylic acids is 1. The molecule has 0 saturated carbocycles. The molecule has 0 spiro atoms. The van der Waals surface area contributed by atoms with Gasteiger partial charge in [-0.2, -0.15) is 9.50 Å². The monoisotopic (exact) mass is 419 g/mol. The van der Waals surface area contributed by atoms with Crippen molar-refractivity contribution >= 4 is 17.4 Å². The van der Waals surface area contributed by atoms with Gasteiger partial charge in [0.2, 0.25) is 0 Å². The molecule has 0 bridgehead atoms. The summed E-state index contributed by atoms with van der Waals surface area (Å²) in [6, 6.07) is 15.5. The third-order valence-corrected chi connectivity index (χ3v) is 4.75. The number of aromatic amines is 1. The number of hydrogen-bond donors (Lipinski definition) is 1. The molecule has 158 valence electrons. The minimum absolute atomic E-state index is 0.0677. The van der Waals surface area contributed by atoms with Gasteiger partial charge in [-0.15, -0.1) is 0 Å². The molecule has 0 fully saturated rings. The van der Waals surface area contributed by atoms with E-state index in [4.69, 9.17) is 9.47 Å². The standard InChI is InChI=1S/C22H21N5O4/c1-14-11-20(28)27-22(23-14)24-19(25-27)13-26(17-9-4-5-10-18(17)31-3)21(29)15-7-6-8-16(12-15)30-2/h4-12H,13H2,1-3H3,(H,23,24,25). The Bertz CT molecular complexity index is 1310. The second-order valence-electron chi connectivity index (χ2n) is 6.84. The lowest BCUT2D eigenvalue weighted by Crippen LogP contribution is -2.31. The maximum Gasteiger partial charge on any atom is 0.274 e. The quantitative estimate of drug-likeness (QED) is 0.515. The highest BCUT2D eigenvalue weighted by atomic mass is 16.5. The fourth-order valence-corrected chi connectivity index (χ4v) is 3.29. The van der Waals surface area contributed by atoms with E-state index in [-0.39, 0.29) is 23.8 Å². The van der Waals surface area contributed by atoms with E-state index in [0.29, 0.717) is 34.3 Å². The first kappa shape index (κ1) is 20.1. The Morgan fingerprint density at radius 3 is 2.65 bits per heavy atom. The van der Waals surface area contributed by atoms with E-state index in [2.05, 4.69) is 15.1 Å². The van der Waals surface area contributed by atoms with Crippen molar-refractivity contribution in [2.75, 3.05) is 19.1 Å². The molecule has 4 aromatic rings. The number of carbonyl (C=O) groups is 1. The predicted octanol–water partition coefficient (Wildman–Crippen LogP) is 2.59. The summed E-state index contributed by atoms with van der Waals surface area (Å²) in [5.41, 5.74) is 1.29. The molecule has 0 aliphatic heterocycles. The number of nitrogens with zero attached hydrogens (tertiary/aromatic N) is 4. The Labute approximate surface area is 177 Å². The third-order valence-electron chi connectivity index (χ3n) is 4.75. The zero-order chi connectivity index (χ0) is 22.0. The molecule has 1 N–H and O–H groups in total. The van der Waals surface area contributed by atoms with Gasteiger partial charge in [0.1, 0.15) is 17.3 Å². The number of benzene rings is 2. The lowest BCUT2D eigenvalue weighted by molar-refractivity contribution is 0.0983. The van der Waals surface area contributed by atoms with E-state index in [1.54, 1.807) is 57.5 Å². The summed E-state index contributed by atoms with van der Waals surface area (Å²) >= 11 is 0. The number of nitrogens with one attached hydrogen (secondary N) is 1. The number of hydrogen-bond acceptors (Lipinski definition) is 6. The van der Waals surface area contributed by atoms with Gasteiger partial charge in [0.25, 0.3) is 17.2 Å². The number of methoxy groups -OCH3 is 2. The average molecular weight is 419 g/mol. The predicted molar refractivity (Wildman–Crippen MR) is 115 cm³/mol. The zero-order valence-corrected chi connectivity index (χ0v) is 17.3. The molecule has 0 aliphatic carbocycles. The van der Waals surface area contributed by atoms with Gasteiger partial charge in [-0.25, -0.2) is 4.98 Å². The van der Waals surface area contributed by atoms with E-state index in [9.17, 15) is 9.59 Å². The van der Waals surface area contributed by atoms with Crippen molar-refractivity contribution in [2.24, 2.45) is 0 Å². The van der Waals surface area contributed by atoms with Crippen LogP contribution in [0.15, 0.2) is 59.4 Å². The van der Waals surface area contributed by atoms with Crippen molar-refractivity contribution in [3.05, 3.63) is 82.0 Å². The fourth-order valence-electron chi connectivity index (χ4n) is 3.29. The summed E-state index contributed by atoms with van der Waals surface area (Å²) in [5, 5.41) is 2.93. The minimum Gasteiger partial charge on any atom is -0.497 e. The van der Waals surface area contributed by atoms with Crippen LogP contribution in [0.2, 0.25) is 0 Å². The minimum atomic E-state index is -0.277. The average Bonchev–Trinajstić information content (AvgIpc) is 3.20. The summed E-state index contributed by atoms with van der Waals surface area (Å²) in [4.78, 5) is 35.9. The zero-order valence-electron chi connectivity index (χ0n) is 17.3. The van der Waals surface area contributed by atoms with Crippen LogP contribution in [0.1, 0.15) is 21.9 Å². The second-order valence-corrected chi connectivity index (χ2v) is 6.84. The van der Waals surface area contributed by atoms with Crippen molar-refractivity contribution in [3.63, 3.8) is 0 Å². The van der Waals surface area contributed by atoms with E-state index >= 15 is 0 Å². The molecule has 0 radical (unpaired) electrons. The fraction of sp³-hybridized carbons (Fsp3) is 0.182. The van der Waals surface area contributed by atoms with Crippen LogP contribution in [0.4, 0.5) is 5.69 Å². The Balaban J connectivity index is 1.80. The Kier molecular flexibility index (Phi) is 5.40. The largest absolute Gasteiger partial charge is 0.497 e.